The molecular formula is C11H8N4O. The molecule has 2 heterocycles. The van der Waals surface area contributed by atoms with Crippen LogP contribution >= 0.6 is 0 Å². The van der Waals surface area contributed by atoms with Crippen LogP contribution in [0.2, 0.25) is 0 Å². The number of hydrogen-bond acceptors (Lipinski definition) is 3. The van der Waals surface area contributed by atoms with Crippen LogP contribution in [0.4, 0.5) is 0 Å². The van der Waals surface area contributed by atoms with Crippen molar-refractivity contribution in [1.82, 2.24) is 19.7 Å². The SMILES string of the molecule is O=C(c1cccc2cn[nH]c12)n1ccnc1. The molecule has 5 heteroatoms. The molecule has 0 fully saturated rings. The van der Waals surface area contributed by atoms with Crippen molar-refractivity contribution in [3.05, 3.63) is 48.7 Å². The first kappa shape index (κ1) is 8.84. The van der Waals surface area contributed by atoms with E-state index in [4.69, 9.17) is 0 Å². The predicted molar refractivity (Wildman–Crippen MR) is 58.0 cm³/mol. The smallest absolute Gasteiger partial charge is 0.265 e. The largest absolute Gasteiger partial charge is 0.277 e. The van der Waals surface area contributed by atoms with Crippen LogP contribution in [0.15, 0.2) is 43.1 Å². The molecule has 0 aliphatic carbocycles. The van der Waals surface area contributed by atoms with E-state index in [2.05, 4.69) is 15.2 Å². The second-order valence-electron chi connectivity index (χ2n) is 3.41. The van der Waals surface area contributed by atoms with Crippen molar-refractivity contribution in [3.8, 4) is 0 Å². The highest BCUT2D eigenvalue weighted by Crippen LogP contribution is 2.16. The summed E-state index contributed by atoms with van der Waals surface area (Å²) in [7, 11) is 0. The maximum absolute atomic E-state index is 12.1. The van der Waals surface area contributed by atoms with E-state index >= 15 is 0 Å². The van der Waals surface area contributed by atoms with Crippen molar-refractivity contribution in [2.45, 2.75) is 0 Å². The zero-order valence-electron chi connectivity index (χ0n) is 8.29. The van der Waals surface area contributed by atoms with Gasteiger partial charge in [-0.25, -0.2) is 4.98 Å². The molecule has 2 aromatic heterocycles. The Bertz CT molecular complexity index is 639. The Hall–Kier alpha value is -2.43. The quantitative estimate of drug-likeness (QED) is 0.664. The van der Waals surface area contributed by atoms with Gasteiger partial charge in [0.1, 0.15) is 6.33 Å². The summed E-state index contributed by atoms with van der Waals surface area (Å²) < 4.78 is 1.44. The first-order chi connectivity index (χ1) is 7.86. The number of hydrogen-bond donors (Lipinski definition) is 1. The number of carbonyl (C=O) groups excluding carboxylic acids is 1. The number of para-hydroxylation sites is 1. The van der Waals surface area contributed by atoms with E-state index in [0.29, 0.717) is 5.56 Å². The van der Waals surface area contributed by atoms with E-state index < -0.39 is 0 Å². The van der Waals surface area contributed by atoms with Gasteiger partial charge in [0.2, 0.25) is 0 Å². The van der Waals surface area contributed by atoms with Crippen molar-refractivity contribution in [2.75, 3.05) is 0 Å². The highest BCUT2D eigenvalue weighted by molar-refractivity contribution is 6.06. The first-order valence-corrected chi connectivity index (χ1v) is 4.81. The Balaban J connectivity index is 2.19. The van der Waals surface area contributed by atoms with Gasteiger partial charge >= 0.3 is 0 Å². The average molecular weight is 212 g/mol. The number of carbonyl (C=O) groups is 1. The molecule has 0 atom stereocenters. The second-order valence-corrected chi connectivity index (χ2v) is 3.41. The van der Waals surface area contributed by atoms with Gasteiger partial charge in [-0.05, 0) is 6.07 Å². The zero-order valence-corrected chi connectivity index (χ0v) is 8.29. The molecule has 1 N–H and O–H groups in total. The minimum atomic E-state index is -0.118. The molecule has 16 heavy (non-hydrogen) atoms. The Morgan fingerprint density at radius 1 is 1.38 bits per heavy atom. The molecule has 0 saturated carbocycles. The summed E-state index contributed by atoms with van der Waals surface area (Å²) in [6.45, 7) is 0. The van der Waals surface area contributed by atoms with Crippen molar-refractivity contribution < 1.29 is 4.79 Å². The monoisotopic (exact) mass is 212 g/mol. The van der Waals surface area contributed by atoms with Gasteiger partial charge in [0.05, 0.1) is 17.3 Å². The number of H-pyrrole nitrogens is 1. The fraction of sp³-hybridized carbons (Fsp3) is 0. The standard InChI is InChI=1S/C11H8N4O/c16-11(15-5-4-12-7-15)9-3-1-2-8-6-13-14-10(8)9/h1-7H,(H,13,14). The maximum atomic E-state index is 12.1. The number of aromatic amines is 1. The van der Waals surface area contributed by atoms with Crippen LogP contribution in [0.1, 0.15) is 10.4 Å². The van der Waals surface area contributed by atoms with Gasteiger partial charge in [0.25, 0.3) is 5.91 Å². The molecule has 0 aliphatic heterocycles. The number of fused-ring (bicyclic) bond motifs is 1. The molecule has 0 aliphatic rings. The van der Waals surface area contributed by atoms with Crippen LogP contribution in [-0.2, 0) is 0 Å². The lowest BCUT2D eigenvalue weighted by Gasteiger charge is -2.01. The Labute approximate surface area is 90.7 Å². The van der Waals surface area contributed by atoms with E-state index in [1.54, 1.807) is 24.7 Å². The van der Waals surface area contributed by atoms with Crippen LogP contribution in [0, 0.1) is 0 Å². The molecule has 0 bridgehead atoms. The molecule has 0 radical (unpaired) electrons. The van der Waals surface area contributed by atoms with E-state index in [-0.39, 0.29) is 5.91 Å². The van der Waals surface area contributed by atoms with Gasteiger partial charge in [0, 0.05) is 17.8 Å². The number of nitrogens with one attached hydrogen (secondary N) is 1. The summed E-state index contributed by atoms with van der Waals surface area (Å²) in [5.74, 6) is -0.118. The number of rotatable bonds is 1. The summed E-state index contributed by atoms with van der Waals surface area (Å²) in [6.07, 6.45) is 6.38. The first-order valence-electron chi connectivity index (χ1n) is 4.81. The summed E-state index contributed by atoms with van der Waals surface area (Å²) >= 11 is 0. The van der Waals surface area contributed by atoms with Crippen molar-refractivity contribution in [3.63, 3.8) is 0 Å². The summed E-state index contributed by atoms with van der Waals surface area (Å²) in [5.41, 5.74) is 1.34. The topological polar surface area (TPSA) is 63.6 Å². The zero-order chi connectivity index (χ0) is 11.0. The normalized spacial score (nSPS) is 10.8. The molecule has 0 spiro atoms. The third kappa shape index (κ3) is 1.22. The summed E-state index contributed by atoms with van der Waals surface area (Å²) in [4.78, 5) is 15.9. The van der Waals surface area contributed by atoms with E-state index in [1.807, 2.05) is 12.1 Å². The van der Waals surface area contributed by atoms with Gasteiger partial charge in [-0.2, -0.15) is 5.10 Å². The van der Waals surface area contributed by atoms with Gasteiger partial charge in [-0.1, -0.05) is 12.1 Å². The Kier molecular flexibility index (Phi) is 1.83. The predicted octanol–water partition coefficient (Wildman–Crippen LogP) is 1.45. The molecule has 78 valence electrons. The second kappa shape index (κ2) is 3.30. The third-order valence-corrected chi connectivity index (χ3v) is 2.45. The third-order valence-electron chi connectivity index (χ3n) is 2.45. The number of nitrogens with zero attached hydrogens (tertiary/aromatic N) is 3. The van der Waals surface area contributed by atoms with E-state index in [1.165, 1.54) is 10.9 Å². The minimum Gasteiger partial charge on any atom is -0.277 e. The Morgan fingerprint density at radius 3 is 3.12 bits per heavy atom. The molecule has 3 rings (SSSR count). The van der Waals surface area contributed by atoms with Gasteiger partial charge in [-0.15, -0.1) is 0 Å². The van der Waals surface area contributed by atoms with Gasteiger partial charge < -0.3 is 0 Å². The van der Waals surface area contributed by atoms with Crippen molar-refractivity contribution in [1.29, 1.82) is 0 Å². The van der Waals surface area contributed by atoms with Crippen molar-refractivity contribution >= 4 is 16.8 Å². The lowest BCUT2D eigenvalue weighted by molar-refractivity contribution is 0.0961. The number of aromatic nitrogens is 4. The maximum Gasteiger partial charge on any atom is 0.265 e. The lowest BCUT2D eigenvalue weighted by atomic mass is 10.1. The van der Waals surface area contributed by atoms with Crippen LogP contribution < -0.4 is 0 Å². The summed E-state index contributed by atoms with van der Waals surface area (Å²) in [5, 5.41) is 7.67. The molecule has 0 amide bonds. The van der Waals surface area contributed by atoms with Crippen LogP contribution in [0.5, 0.6) is 0 Å². The molecule has 1 aromatic carbocycles. The molecular weight excluding hydrogens is 204 g/mol. The molecule has 0 saturated heterocycles. The number of benzene rings is 1. The van der Waals surface area contributed by atoms with Crippen LogP contribution in [0.3, 0.4) is 0 Å². The fourth-order valence-corrected chi connectivity index (χ4v) is 1.67. The van der Waals surface area contributed by atoms with Gasteiger partial charge in [0.15, 0.2) is 0 Å². The van der Waals surface area contributed by atoms with Crippen molar-refractivity contribution in [2.24, 2.45) is 0 Å². The number of imidazole rings is 1. The average Bonchev–Trinajstić information content (AvgIpc) is 2.98. The van der Waals surface area contributed by atoms with Crippen LogP contribution in [0.25, 0.3) is 10.9 Å². The summed E-state index contributed by atoms with van der Waals surface area (Å²) in [6, 6.07) is 5.51. The fourth-order valence-electron chi connectivity index (χ4n) is 1.67. The molecule has 5 nitrogen and oxygen atoms in total. The highest BCUT2D eigenvalue weighted by atomic mass is 16.2. The lowest BCUT2D eigenvalue weighted by Crippen LogP contribution is -2.10. The van der Waals surface area contributed by atoms with E-state index in [9.17, 15) is 4.79 Å². The molecule has 3 aromatic rings. The highest BCUT2D eigenvalue weighted by Gasteiger charge is 2.12. The van der Waals surface area contributed by atoms with E-state index in [0.717, 1.165) is 10.9 Å². The Morgan fingerprint density at radius 2 is 2.31 bits per heavy atom. The van der Waals surface area contributed by atoms with Crippen LogP contribution in [-0.4, -0.2) is 25.7 Å². The van der Waals surface area contributed by atoms with Gasteiger partial charge in [-0.3, -0.25) is 14.5 Å². The molecule has 0 unspecified atom stereocenters. The minimum absolute atomic E-state index is 0.118.